The molecule has 1 heterocycles. The lowest BCUT2D eigenvalue weighted by atomic mass is 10.2. The highest BCUT2D eigenvalue weighted by atomic mass is 15.1. The third kappa shape index (κ3) is 5.75. The van der Waals surface area contributed by atoms with Gasteiger partial charge in [0.2, 0.25) is 0 Å². The van der Waals surface area contributed by atoms with Crippen molar-refractivity contribution < 1.29 is 0 Å². The van der Waals surface area contributed by atoms with Gasteiger partial charge in [-0.2, -0.15) is 0 Å². The largest absolute Gasteiger partial charge is 0.378 e. The van der Waals surface area contributed by atoms with Gasteiger partial charge in [-0.1, -0.05) is 36.4 Å². The molecule has 0 atom stereocenters. The van der Waals surface area contributed by atoms with Gasteiger partial charge in [0.05, 0.1) is 0 Å². The standard InChI is InChI=1S/C24H27N5/c1-18-25-23(16-10-19-6-12-21(13-7-19)28(2)3)27-24(26-18)17-11-20-8-14-22(15-9-20)29(4)5/h6-17H,1-5H3. The Morgan fingerprint density at radius 2 is 0.931 bits per heavy atom. The summed E-state index contributed by atoms with van der Waals surface area (Å²) in [5.74, 6) is 2.00. The van der Waals surface area contributed by atoms with Crippen molar-refractivity contribution in [2.75, 3.05) is 38.0 Å². The van der Waals surface area contributed by atoms with Gasteiger partial charge in [-0.15, -0.1) is 0 Å². The van der Waals surface area contributed by atoms with Gasteiger partial charge < -0.3 is 9.80 Å². The molecule has 2 aromatic carbocycles. The summed E-state index contributed by atoms with van der Waals surface area (Å²) in [5.41, 5.74) is 4.55. The summed E-state index contributed by atoms with van der Waals surface area (Å²) in [6.45, 7) is 1.88. The Morgan fingerprint density at radius 3 is 1.28 bits per heavy atom. The van der Waals surface area contributed by atoms with Gasteiger partial charge in [-0.05, 0) is 54.5 Å². The molecule has 3 aromatic rings. The number of rotatable bonds is 6. The topological polar surface area (TPSA) is 45.2 Å². The molecular formula is C24H27N5. The van der Waals surface area contributed by atoms with E-state index in [1.54, 1.807) is 0 Å². The fourth-order valence-electron chi connectivity index (χ4n) is 2.78. The van der Waals surface area contributed by atoms with E-state index in [0.29, 0.717) is 17.5 Å². The van der Waals surface area contributed by atoms with Crippen LogP contribution in [-0.2, 0) is 0 Å². The molecule has 5 heteroatoms. The molecule has 0 aliphatic carbocycles. The number of aromatic nitrogens is 3. The Hall–Kier alpha value is -3.47. The number of aryl methyl sites for hydroxylation is 1. The van der Waals surface area contributed by atoms with Crippen LogP contribution in [0.3, 0.4) is 0 Å². The quantitative estimate of drug-likeness (QED) is 0.618. The van der Waals surface area contributed by atoms with Gasteiger partial charge in [0.15, 0.2) is 11.6 Å². The highest BCUT2D eigenvalue weighted by Gasteiger charge is 2.00. The molecule has 1 aromatic heterocycles. The number of benzene rings is 2. The maximum absolute atomic E-state index is 4.54. The van der Waals surface area contributed by atoms with Crippen molar-refractivity contribution in [1.29, 1.82) is 0 Å². The van der Waals surface area contributed by atoms with Crippen molar-refractivity contribution in [2.45, 2.75) is 6.92 Å². The summed E-state index contributed by atoms with van der Waals surface area (Å²) in [6, 6.07) is 16.7. The van der Waals surface area contributed by atoms with Gasteiger partial charge in [-0.25, -0.2) is 15.0 Å². The van der Waals surface area contributed by atoms with Crippen LogP contribution in [0.2, 0.25) is 0 Å². The molecule has 0 radical (unpaired) electrons. The van der Waals surface area contributed by atoms with E-state index in [2.05, 4.69) is 73.3 Å². The molecule has 0 bridgehead atoms. The van der Waals surface area contributed by atoms with Crippen LogP contribution in [0.4, 0.5) is 11.4 Å². The first kappa shape index (κ1) is 20.3. The van der Waals surface area contributed by atoms with Crippen LogP contribution in [0.1, 0.15) is 28.6 Å². The van der Waals surface area contributed by atoms with E-state index in [4.69, 9.17) is 0 Å². The van der Waals surface area contributed by atoms with Crippen molar-refractivity contribution in [2.24, 2.45) is 0 Å². The first-order valence-electron chi connectivity index (χ1n) is 9.54. The molecule has 148 valence electrons. The predicted molar refractivity (Wildman–Crippen MR) is 124 cm³/mol. The van der Waals surface area contributed by atoms with E-state index < -0.39 is 0 Å². The van der Waals surface area contributed by atoms with Crippen LogP contribution in [0.5, 0.6) is 0 Å². The predicted octanol–water partition coefficient (Wildman–Crippen LogP) is 4.65. The molecule has 0 saturated heterocycles. The minimum absolute atomic E-state index is 0.650. The van der Waals surface area contributed by atoms with Crippen LogP contribution in [0, 0.1) is 6.92 Å². The van der Waals surface area contributed by atoms with Crippen LogP contribution >= 0.6 is 0 Å². The molecule has 0 spiro atoms. The number of anilines is 2. The maximum atomic E-state index is 4.54. The zero-order valence-corrected chi connectivity index (χ0v) is 17.7. The summed E-state index contributed by atoms with van der Waals surface area (Å²) in [7, 11) is 8.13. The summed E-state index contributed by atoms with van der Waals surface area (Å²) >= 11 is 0. The summed E-state index contributed by atoms with van der Waals surface area (Å²) < 4.78 is 0. The molecule has 29 heavy (non-hydrogen) atoms. The molecular weight excluding hydrogens is 358 g/mol. The van der Waals surface area contributed by atoms with Crippen LogP contribution in [0.25, 0.3) is 24.3 Å². The Bertz CT molecular complexity index is 921. The number of hydrogen-bond acceptors (Lipinski definition) is 5. The normalized spacial score (nSPS) is 11.3. The molecule has 0 fully saturated rings. The Kier molecular flexibility index (Phi) is 6.39. The molecule has 0 aliphatic rings. The zero-order chi connectivity index (χ0) is 20.8. The van der Waals surface area contributed by atoms with Crippen LogP contribution in [0.15, 0.2) is 48.5 Å². The number of nitrogens with zero attached hydrogens (tertiary/aromatic N) is 5. The molecule has 5 nitrogen and oxygen atoms in total. The van der Waals surface area contributed by atoms with E-state index in [1.807, 2.05) is 59.4 Å². The van der Waals surface area contributed by atoms with Crippen molar-refractivity contribution in [1.82, 2.24) is 15.0 Å². The molecule has 0 saturated carbocycles. The summed E-state index contributed by atoms with van der Waals surface area (Å²) in [6.07, 6.45) is 7.87. The van der Waals surface area contributed by atoms with Crippen LogP contribution in [-0.4, -0.2) is 43.1 Å². The zero-order valence-electron chi connectivity index (χ0n) is 17.7. The van der Waals surface area contributed by atoms with E-state index in [9.17, 15) is 0 Å². The monoisotopic (exact) mass is 385 g/mol. The van der Waals surface area contributed by atoms with Crippen molar-refractivity contribution in [3.8, 4) is 0 Å². The minimum Gasteiger partial charge on any atom is -0.378 e. The first-order valence-corrected chi connectivity index (χ1v) is 9.54. The summed E-state index contributed by atoms with van der Waals surface area (Å²) in [5, 5.41) is 0. The Balaban J connectivity index is 1.75. The fraction of sp³-hybridized carbons (Fsp3) is 0.208. The van der Waals surface area contributed by atoms with E-state index in [0.717, 1.165) is 11.1 Å². The van der Waals surface area contributed by atoms with Gasteiger partial charge in [0.25, 0.3) is 0 Å². The van der Waals surface area contributed by atoms with Gasteiger partial charge >= 0.3 is 0 Å². The van der Waals surface area contributed by atoms with Gasteiger partial charge in [0.1, 0.15) is 5.82 Å². The smallest absolute Gasteiger partial charge is 0.156 e. The Labute approximate surface area is 173 Å². The van der Waals surface area contributed by atoms with Crippen molar-refractivity contribution in [3.63, 3.8) is 0 Å². The highest BCUT2D eigenvalue weighted by Crippen LogP contribution is 2.15. The molecule has 0 unspecified atom stereocenters. The van der Waals surface area contributed by atoms with E-state index >= 15 is 0 Å². The highest BCUT2D eigenvalue weighted by molar-refractivity contribution is 5.70. The van der Waals surface area contributed by atoms with Gasteiger partial charge in [-0.3, -0.25) is 0 Å². The molecule has 3 rings (SSSR count). The van der Waals surface area contributed by atoms with Crippen molar-refractivity contribution >= 4 is 35.7 Å². The third-order valence-electron chi connectivity index (χ3n) is 4.45. The Morgan fingerprint density at radius 1 is 0.552 bits per heavy atom. The van der Waals surface area contributed by atoms with E-state index in [-0.39, 0.29) is 0 Å². The van der Waals surface area contributed by atoms with Crippen molar-refractivity contribution in [3.05, 3.63) is 77.1 Å². The lowest BCUT2D eigenvalue weighted by Gasteiger charge is -2.11. The lowest BCUT2D eigenvalue weighted by Crippen LogP contribution is -2.07. The average molecular weight is 386 g/mol. The average Bonchev–Trinajstić information content (AvgIpc) is 2.71. The molecule has 0 amide bonds. The second-order valence-electron chi connectivity index (χ2n) is 7.24. The summed E-state index contributed by atoms with van der Waals surface area (Å²) in [4.78, 5) is 17.5. The first-order chi connectivity index (χ1) is 13.9. The lowest BCUT2D eigenvalue weighted by molar-refractivity contribution is 0.945. The third-order valence-corrected chi connectivity index (χ3v) is 4.45. The van der Waals surface area contributed by atoms with Crippen LogP contribution < -0.4 is 9.80 Å². The molecule has 0 aliphatic heterocycles. The van der Waals surface area contributed by atoms with Gasteiger partial charge in [0, 0.05) is 39.6 Å². The fourth-order valence-corrected chi connectivity index (χ4v) is 2.78. The number of hydrogen-bond donors (Lipinski definition) is 0. The maximum Gasteiger partial charge on any atom is 0.156 e. The SMILES string of the molecule is Cc1nc(C=Cc2ccc(N(C)C)cc2)nc(C=Cc2ccc(N(C)C)cc2)n1. The second-order valence-corrected chi connectivity index (χ2v) is 7.24. The second kappa shape index (κ2) is 9.15. The molecule has 0 N–H and O–H groups in total. The van der Waals surface area contributed by atoms with E-state index in [1.165, 1.54) is 11.4 Å². The minimum atomic E-state index is 0.650.